The number of hydrogen-bond donors (Lipinski definition) is 0. The van der Waals surface area contributed by atoms with Crippen molar-refractivity contribution < 1.29 is 9.53 Å². The molecule has 1 atom stereocenters. The first-order valence-corrected chi connectivity index (χ1v) is 9.05. The molecule has 3 heterocycles. The average molecular weight is 355 g/mol. The number of aromatic nitrogens is 2. The van der Waals surface area contributed by atoms with E-state index in [2.05, 4.69) is 27.0 Å². The molecule has 1 saturated heterocycles. The summed E-state index contributed by atoms with van der Waals surface area (Å²) in [5.41, 5.74) is 2.98. The molecule has 4 rings (SSSR count). The van der Waals surface area contributed by atoms with Gasteiger partial charge >= 0.3 is 0 Å². The number of aryl methyl sites for hydroxylation is 1. The second kappa shape index (κ2) is 6.55. The number of fused-ring (bicyclic) bond motifs is 1. The number of nitrogens with zero attached hydrogens (tertiary/aromatic N) is 5. The molecule has 1 aromatic heterocycles. The Morgan fingerprint density at radius 3 is 2.85 bits per heavy atom. The van der Waals surface area contributed by atoms with Crippen molar-refractivity contribution in [2.75, 3.05) is 48.5 Å². The standard InChI is InChI=1S/C19H25N5O2/c1-21(2)14-6-7-16-18(11-14)26-10-9-24(16)17-5-4-8-23(19(17)25)15-12-20-22(3)13-15/h6-7,11-13,17H,4-5,8-10H2,1-3H3/t17-/m0/s1. The van der Waals surface area contributed by atoms with Gasteiger partial charge in [-0.3, -0.25) is 9.48 Å². The van der Waals surface area contributed by atoms with Gasteiger partial charge in [0.15, 0.2) is 0 Å². The van der Waals surface area contributed by atoms with Crippen LogP contribution in [0, 0.1) is 0 Å². The fraction of sp³-hybridized carbons (Fsp3) is 0.474. The van der Waals surface area contributed by atoms with Gasteiger partial charge in [-0.05, 0) is 25.0 Å². The topological polar surface area (TPSA) is 53.8 Å². The van der Waals surface area contributed by atoms with Crippen molar-refractivity contribution in [3.63, 3.8) is 0 Å². The smallest absolute Gasteiger partial charge is 0.249 e. The lowest BCUT2D eigenvalue weighted by atomic mass is 10.0. The molecule has 0 bridgehead atoms. The van der Waals surface area contributed by atoms with E-state index in [-0.39, 0.29) is 11.9 Å². The average Bonchev–Trinajstić information content (AvgIpc) is 3.07. The number of rotatable bonds is 3. The highest BCUT2D eigenvalue weighted by molar-refractivity contribution is 6.00. The Morgan fingerprint density at radius 1 is 1.27 bits per heavy atom. The summed E-state index contributed by atoms with van der Waals surface area (Å²) in [6.07, 6.45) is 5.51. The summed E-state index contributed by atoms with van der Waals surface area (Å²) in [4.78, 5) is 19.3. The van der Waals surface area contributed by atoms with Crippen LogP contribution in [0.25, 0.3) is 0 Å². The fourth-order valence-electron chi connectivity index (χ4n) is 3.78. The van der Waals surface area contributed by atoms with Gasteiger partial charge in [0.2, 0.25) is 5.91 Å². The van der Waals surface area contributed by atoms with E-state index >= 15 is 0 Å². The minimum absolute atomic E-state index is 0.147. The van der Waals surface area contributed by atoms with E-state index in [4.69, 9.17) is 4.74 Å². The number of ether oxygens (including phenoxy) is 1. The largest absolute Gasteiger partial charge is 0.489 e. The summed E-state index contributed by atoms with van der Waals surface area (Å²) < 4.78 is 7.61. The second-order valence-electron chi connectivity index (χ2n) is 7.11. The molecule has 0 radical (unpaired) electrons. The summed E-state index contributed by atoms with van der Waals surface area (Å²) in [6.45, 7) is 2.07. The van der Waals surface area contributed by atoms with Gasteiger partial charge in [0.25, 0.3) is 0 Å². The van der Waals surface area contributed by atoms with Gasteiger partial charge < -0.3 is 19.4 Å². The zero-order chi connectivity index (χ0) is 18.3. The van der Waals surface area contributed by atoms with Crippen LogP contribution in [0.4, 0.5) is 17.1 Å². The minimum atomic E-state index is -0.156. The van der Waals surface area contributed by atoms with Crippen molar-refractivity contribution in [3.05, 3.63) is 30.6 Å². The highest BCUT2D eigenvalue weighted by Gasteiger charge is 2.36. The van der Waals surface area contributed by atoms with Crippen molar-refractivity contribution in [1.82, 2.24) is 9.78 Å². The Balaban J connectivity index is 1.62. The lowest BCUT2D eigenvalue weighted by molar-refractivity contribution is -0.121. The third kappa shape index (κ3) is 2.87. The molecule has 0 unspecified atom stereocenters. The normalized spacial score (nSPS) is 20.0. The Morgan fingerprint density at radius 2 is 2.12 bits per heavy atom. The van der Waals surface area contributed by atoms with Crippen LogP contribution in [0.5, 0.6) is 5.75 Å². The number of benzene rings is 1. The molecule has 138 valence electrons. The molecule has 2 aromatic rings. The van der Waals surface area contributed by atoms with E-state index in [1.807, 2.05) is 38.3 Å². The van der Waals surface area contributed by atoms with Crippen molar-refractivity contribution >= 4 is 23.0 Å². The Labute approximate surface area is 153 Å². The predicted molar refractivity (Wildman–Crippen MR) is 102 cm³/mol. The molecule has 0 aliphatic carbocycles. The van der Waals surface area contributed by atoms with E-state index in [0.717, 1.165) is 48.7 Å². The maximum absolute atomic E-state index is 13.2. The summed E-state index contributed by atoms with van der Waals surface area (Å²) in [5.74, 6) is 1.00. The number of hydrogen-bond acceptors (Lipinski definition) is 5. The van der Waals surface area contributed by atoms with Gasteiger partial charge in [0, 0.05) is 45.6 Å². The molecule has 7 heteroatoms. The Kier molecular flexibility index (Phi) is 4.22. The predicted octanol–water partition coefficient (Wildman–Crippen LogP) is 1.88. The molecule has 2 aliphatic heterocycles. The second-order valence-corrected chi connectivity index (χ2v) is 7.11. The highest BCUT2D eigenvalue weighted by Crippen LogP contribution is 2.37. The van der Waals surface area contributed by atoms with Crippen molar-refractivity contribution in [2.24, 2.45) is 7.05 Å². The first kappa shape index (κ1) is 16.8. The highest BCUT2D eigenvalue weighted by atomic mass is 16.5. The molecular weight excluding hydrogens is 330 g/mol. The van der Waals surface area contributed by atoms with Gasteiger partial charge in [-0.1, -0.05) is 0 Å². The van der Waals surface area contributed by atoms with Gasteiger partial charge in [-0.2, -0.15) is 5.10 Å². The quantitative estimate of drug-likeness (QED) is 0.841. The Bertz CT molecular complexity index is 816. The van der Waals surface area contributed by atoms with E-state index in [0.29, 0.717) is 6.61 Å². The SMILES string of the molecule is CN(C)c1ccc2c(c1)OCCN2[C@H]1CCCN(c2cnn(C)c2)C1=O. The zero-order valence-electron chi connectivity index (χ0n) is 15.6. The summed E-state index contributed by atoms with van der Waals surface area (Å²) in [5, 5.41) is 4.21. The van der Waals surface area contributed by atoms with Crippen LogP contribution in [-0.2, 0) is 11.8 Å². The lowest BCUT2D eigenvalue weighted by Gasteiger charge is -2.41. The molecule has 0 N–H and O–H groups in total. The third-order valence-electron chi connectivity index (χ3n) is 5.15. The maximum Gasteiger partial charge on any atom is 0.249 e. The first-order valence-electron chi connectivity index (χ1n) is 9.05. The van der Waals surface area contributed by atoms with E-state index in [9.17, 15) is 4.79 Å². The lowest BCUT2D eigenvalue weighted by Crippen LogP contribution is -2.54. The fourth-order valence-corrected chi connectivity index (χ4v) is 3.78. The van der Waals surface area contributed by atoms with E-state index < -0.39 is 0 Å². The summed E-state index contributed by atoms with van der Waals surface area (Å²) in [6, 6.07) is 6.04. The van der Waals surface area contributed by atoms with Crippen molar-refractivity contribution in [1.29, 1.82) is 0 Å². The van der Waals surface area contributed by atoms with Gasteiger partial charge in [-0.15, -0.1) is 0 Å². The van der Waals surface area contributed by atoms with E-state index in [1.54, 1.807) is 10.9 Å². The number of amides is 1. The molecule has 0 saturated carbocycles. The van der Waals surface area contributed by atoms with Crippen LogP contribution in [0.3, 0.4) is 0 Å². The minimum Gasteiger partial charge on any atom is -0.489 e. The van der Waals surface area contributed by atoms with Crippen molar-refractivity contribution in [3.8, 4) is 5.75 Å². The summed E-state index contributed by atoms with van der Waals surface area (Å²) in [7, 11) is 5.90. The third-order valence-corrected chi connectivity index (χ3v) is 5.15. The Hall–Kier alpha value is -2.70. The monoisotopic (exact) mass is 355 g/mol. The molecule has 26 heavy (non-hydrogen) atoms. The maximum atomic E-state index is 13.2. The van der Waals surface area contributed by atoms with Gasteiger partial charge in [0.05, 0.1) is 24.1 Å². The van der Waals surface area contributed by atoms with Crippen LogP contribution in [-0.4, -0.2) is 55.5 Å². The molecule has 2 aliphatic rings. The number of anilines is 3. The molecule has 1 aromatic carbocycles. The van der Waals surface area contributed by atoms with Crippen molar-refractivity contribution in [2.45, 2.75) is 18.9 Å². The number of piperidine rings is 1. The molecule has 1 amide bonds. The molecular formula is C19H25N5O2. The van der Waals surface area contributed by atoms with Gasteiger partial charge in [-0.25, -0.2) is 0 Å². The van der Waals surface area contributed by atoms with Crippen LogP contribution >= 0.6 is 0 Å². The van der Waals surface area contributed by atoms with E-state index in [1.165, 1.54) is 0 Å². The van der Waals surface area contributed by atoms with Gasteiger partial charge in [0.1, 0.15) is 18.4 Å². The molecule has 0 spiro atoms. The molecule has 1 fully saturated rings. The van der Waals surface area contributed by atoms with Crippen LogP contribution in [0.1, 0.15) is 12.8 Å². The van der Waals surface area contributed by atoms with Crippen LogP contribution < -0.4 is 19.4 Å². The summed E-state index contributed by atoms with van der Waals surface area (Å²) >= 11 is 0. The number of carbonyl (C=O) groups is 1. The first-order chi connectivity index (χ1) is 12.5. The number of carbonyl (C=O) groups excluding carboxylic acids is 1. The zero-order valence-corrected chi connectivity index (χ0v) is 15.6. The van der Waals surface area contributed by atoms with Crippen LogP contribution in [0.15, 0.2) is 30.6 Å². The van der Waals surface area contributed by atoms with Crippen LogP contribution in [0.2, 0.25) is 0 Å². The molecule has 7 nitrogen and oxygen atoms in total.